The van der Waals surface area contributed by atoms with Crippen molar-refractivity contribution in [3.63, 3.8) is 0 Å². The Balaban J connectivity index is 2.49. The minimum Gasteiger partial charge on any atom is -0.268 e. The van der Waals surface area contributed by atoms with Gasteiger partial charge in [-0.15, -0.1) is 0 Å². The fourth-order valence-electron chi connectivity index (χ4n) is 1.21. The van der Waals surface area contributed by atoms with Gasteiger partial charge in [-0.1, -0.05) is 0 Å². The molecule has 2 heterocycles. The molecule has 4 heteroatoms. The minimum atomic E-state index is -0.195. The summed E-state index contributed by atoms with van der Waals surface area (Å²) in [6, 6.07) is 6.92. The maximum atomic E-state index is 10.8. The van der Waals surface area contributed by atoms with Gasteiger partial charge >= 0.3 is 0 Å². The lowest BCUT2D eigenvalue weighted by molar-refractivity contribution is 0.994. The quantitative estimate of drug-likeness (QED) is 0.728. The van der Waals surface area contributed by atoms with E-state index in [9.17, 15) is 4.79 Å². The molecule has 0 aliphatic heterocycles. The second-order valence-corrected chi connectivity index (χ2v) is 2.99. The molecule has 0 spiro atoms. The van der Waals surface area contributed by atoms with Crippen molar-refractivity contribution in [2.45, 2.75) is 6.92 Å². The summed E-state index contributed by atoms with van der Waals surface area (Å²) in [5, 5.41) is 6.32. The number of aryl methyl sites for hydroxylation is 1. The van der Waals surface area contributed by atoms with Gasteiger partial charge in [0.1, 0.15) is 0 Å². The van der Waals surface area contributed by atoms with Crippen LogP contribution in [0.2, 0.25) is 0 Å². The summed E-state index contributed by atoms with van der Waals surface area (Å²) in [4.78, 5) is 14.9. The summed E-state index contributed by atoms with van der Waals surface area (Å²) in [6.07, 6.45) is 1.72. The molecule has 0 aliphatic rings. The molecule has 0 aromatic carbocycles. The van der Waals surface area contributed by atoms with Crippen LogP contribution < -0.4 is 5.56 Å². The van der Waals surface area contributed by atoms with Crippen LogP contribution in [0, 0.1) is 6.92 Å². The van der Waals surface area contributed by atoms with Gasteiger partial charge in [0.15, 0.2) is 0 Å². The highest BCUT2D eigenvalue weighted by molar-refractivity contribution is 5.57. The van der Waals surface area contributed by atoms with Gasteiger partial charge in [0.2, 0.25) is 0 Å². The van der Waals surface area contributed by atoms with Crippen LogP contribution in [0.4, 0.5) is 0 Å². The predicted octanol–water partition coefficient (Wildman–Crippen LogP) is 1.14. The lowest BCUT2D eigenvalue weighted by Crippen LogP contribution is -2.05. The summed E-state index contributed by atoms with van der Waals surface area (Å²) in [7, 11) is 0. The van der Waals surface area contributed by atoms with Crippen molar-refractivity contribution in [2.75, 3.05) is 0 Å². The first-order chi connectivity index (χ1) is 6.75. The Morgan fingerprint density at radius 1 is 1.29 bits per heavy atom. The maximum Gasteiger partial charge on any atom is 0.264 e. The van der Waals surface area contributed by atoms with Gasteiger partial charge in [-0.05, 0) is 25.1 Å². The van der Waals surface area contributed by atoms with Crippen molar-refractivity contribution in [1.29, 1.82) is 0 Å². The van der Waals surface area contributed by atoms with E-state index in [1.165, 1.54) is 6.07 Å². The second kappa shape index (κ2) is 3.41. The molecule has 14 heavy (non-hydrogen) atoms. The van der Waals surface area contributed by atoms with Crippen LogP contribution in [0.15, 0.2) is 35.3 Å². The van der Waals surface area contributed by atoms with E-state index in [2.05, 4.69) is 15.2 Å². The van der Waals surface area contributed by atoms with E-state index in [0.29, 0.717) is 0 Å². The number of H-pyrrole nitrogens is 1. The van der Waals surface area contributed by atoms with E-state index in [4.69, 9.17) is 0 Å². The number of rotatable bonds is 1. The van der Waals surface area contributed by atoms with Gasteiger partial charge in [-0.3, -0.25) is 9.78 Å². The van der Waals surface area contributed by atoms with Crippen molar-refractivity contribution in [1.82, 2.24) is 15.2 Å². The molecule has 1 N–H and O–H groups in total. The number of pyridine rings is 1. The Morgan fingerprint density at radius 3 is 2.79 bits per heavy atom. The van der Waals surface area contributed by atoms with E-state index < -0.39 is 0 Å². The topological polar surface area (TPSA) is 58.6 Å². The molecule has 0 atom stereocenters. The molecule has 0 bridgehead atoms. The van der Waals surface area contributed by atoms with Crippen LogP contribution in [-0.4, -0.2) is 15.2 Å². The van der Waals surface area contributed by atoms with Crippen LogP contribution in [0.5, 0.6) is 0 Å². The summed E-state index contributed by atoms with van der Waals surface area (Å²) in [5.74, 6) is 0. The zero-order valence-corrected chi connectivity index (χ0v) is 7.69. The zero-order chi connectivity index (χ0) is 9.97. The van der Waals surface area contributed by atoms with Gasteiger partial charge in [0.25, 0.3) is 5.56 Å². The third-order valence-corrected chi connectivity index (χ3v) is 1.87. The first-order valence-corrected chi connectivity index (χ1v) is 4.24. The highest BCUT2D eigenvalue weighted by Crippen LogP contribution is 2.14. The molecule has 2 aromatic rings. The first-order valence-electron chi connectivity index (χ1n) is 4.24. The Kier molecular flexibility index (Phi) is 2.10. The Morgan fingerprint density at radius 2 is 2.14 bits per heavy atom. The van der Waals surface area contributed by atoms with Gasteiger partial charge in [-0.25, -0.2) is 5.10 Å². The van der Waals surface area contributed by atoms with E-state index in [1.807, 2.05) is 19.1 Å². The molecule has 0 unspecified atom stereocenters. The molecule has 0 amide bonds. The van der Waals surface area contributed by atoms with E-state index in [-0.39, 0.29) is 5.56 Å². The minimum absolute atomic E-state index is 0.195. The number of aromatic nitrogens is 3. The SMILES string of the molecule is Cc1cc(-c2ccc(=O)[nH]n2)ccn1. The van der Waals surface area contributed by atoms with Gasteiger partial charge < -0.3 is 0 Å². The maximum absolute atomic E-state index is 10.8. The molecule has 70 valence electrons. The Labute approximate surface area is 80.6 Å². The van der Waals surface area contributed by atoms with E-state index in [1.54, 1.807) is 12.3 Å². The lowest BCUT2D eigenvalue weighted by Gasteiger charge is -1.99. The molecule has 0 fully saturated rings. The predicted molar refractivity (Wildman–Crippen MR) is 52.8 cm³/mol. The van der Waals surface area contributed by atoms with Crippen molar-refractivity contribution >= 4 is 0 Å². The summed E-state index contributed by atoms with van der Waals surface area (Å²) in [6.45, 7) is 1.91. The summed E-state index contributed by atoms with van der Waals surface area (Å²) < 4.78 is 0. The molecule has 0 aliphatic carbocycles. The highest BCUT2D eigenvalue weighted by atomic mass is 16.1. The van der Waals surface area contributed by atoms with Gasteiger partial charge in [0, 0.05) is 23.5 Å². The van der Waals surface area contributed by atoms with Crippen molar-refractivity contribution in [3.05, 3.63) is 46.5 Å². The fraction of sp³-hybridized carbons (Fsp3) is 0.100. The average Bonchev–Trinajstić information content (AvgIpc) is 2.19. The highest BCUT2D eigenvalue weighted by Gasteiger charge is 1.98. The van der Waals surface area contributed by atoms with Crippen molar-refractivity contribution in [3.8, 4) is 11.3 Å². The molecule has 4 nitrogen and oxygen atoms in total. The Bertz CT molecular complexity index is 484. The molecule has 2 rings (SSSR count). The van der Waals surface area contributed by atoms with Crippen molar-refractivity contribution < 1.29 is 0 Å². The lowest BCUT2D eigenvalue weighted by atomic mass is 10.1. The van der Waals surface area contributed by atoms with Gasteiger partial charge in [-0.2, -0.15) is 5.10 Å². The van der Waals surface area contributed by atoms with Crippen LogP contribution in [0.3, 0.4) is 0 Å². The summed E-state index contributed by atoms with van der Waals surface area (Å²) >= 11 is 0. The largest absolute Gasteiger partial charge is 0.268 e. The number of nitrogens with zero attached hydrogens (tertiary/aromatic N) is 2. The molecular weight excluding hydrogens is 178 g/mol. The number of hydrogen-bond donors (Lipinski definition) is 1. The van der Waals surface area contributed by atoms with Crippen LogP contribution in [0.1, 0.15) is 5.69 Å². The van der Waals surface area contributed by atoms with E-state index in [0.717, 1.165) is 17.0 Å². The summed E-state index contributed by atoms with van der Waals surface area (Å²) in [5.41, 5.74) is 2.43. The number of hydrogen-bond acceptors (Lipinski definition) is 3. The first kappa shape index (κ1) is 8.62. The molecular formula is C10H9N3O. The van der Waals surface area contributed by atoms with E-state index >= 15 is 0 Å². The van der Waals surface area contributed by atoms with Crippen LogP contribution in [0.25, 0.3) is 11.3 Å². The van der Waals surface area contributed by atoms with Crippen molar-refractivity contribution in [2.24, 2.45) is 0 Å². The number of nitrogens with one attached hydrogen (secondary N) is 1. The Hall–Kier alpha value is -1.97. The standard InChI is InChI=1S/C10H9N3O/c1-7-6-8(4-5-11-7)9-2-3-10(14)13-12-9/h2-6H,1H3,(H,13,14). The zero-order valence-electron chi connectivity index (χ0n) is 7.69. The molecule has 0 saturated carbocycles. The third kappa shape index (κ3) is 1.69. The third-order valence-electron chi connectivity index (χ3n) is 1.87. The average molecular weight is 187 g/mol. The normalized spacial score (nSPS) is 10.1. The van der Waals surface area contributed by atoms with Crippen LogP contribution >= 0.6 is 0 Å². The molecule has 2 aromatic heterocycles. The smallest absolute Gasteiger partial charge is 0.264 e. The molecule has 0 radical (unpaired) electrons. The number of aromatic amines is 1. The monoisotopic (exact) mass is 187 g/mol. The molecule has 0 saturated heterocycles. The fourth-order valence-corrected chi connectivity index (χ4v) is 1.21. The second-order valence-electron chi connectivity index (χ2n) is 2.99. The van der Waals surface area contributed by atoms with Gasteiger partial charge in [0.05, 0.1) is 5.69 Å². The van der Waals surface area contributed by atoms with Crippen LogP contribution in [-0.2, 0) is 0 Å².